The molecule has 7 heteroatoms. The molecule has 0 saturated carbocycles. The van der Waals surface area contributed by atoms with E-state index in [2.05, 4.69) is 21.2 Å². The highest BCUT2D eigenvalue weighted by atomic mass is 79.9. The number of nitrogens with two attached hydrogens (primary N) is 1. The van der Waals surface area contributed by atoms with E-state index in [-0.39, 0.29) is 17.9 Å². The van der Waals surface area contributed by atoms with Crippen LogP contribution in [0.1, 0.15) is 20.7 Å². The predicted octanol–water partition coefficient (Wildman–Crippen LogP) is 1.88. The van der Waals surface area contributed by atoms with Gasteiger partial charge < -0.3 is 15.8 Å². The van der Waals surface area contributed by atoms with Gasteiger partial charge in [-0.3, -0.25) is 9.59 Å². The summed E-state index contributed by atoms with van der Waals surface area (Å²) in [5.41, 5.74) is 5.61. The van der Waals surface area contributed by atoms with Crippen molar-refractivity contribution in [2.24, 2.45) is 5.73 Å². The van der Waals surface area contributed by atoms with Crippen molar-refractivity contribution in [3.63, 3.8) is 0 Å². The quantitative estimate of drug-likeness (QED) is 0.614. The Morgan fingerprint density at radius 2 is 1.74 bits per heavy atom. The standard InChI is InChI=1S/C16H13BrN2O4/c17-12-6-4-10(5-7-12)16(22)23-13-3-1-2-11(8-13)15(21)19-9-14(18)20/h1-8H,9H2,(H2,18,20)(H,19,21). The molecule has 0 saturated heterocycles. The van der Waals surface area contributed by atoms with E-state index in [0.717, 1.165) is 4.47 Å². The average molecular weight is 377 g/mol. The van der Waals surface area contributed by atoms with E-state index in [1.54, 1.807) is 36.4 Å². The van der Waals surface area contributed by atoms with Crippen molar-refractivity contribution >= 4 is 33.7 Å². The topological polar surface area (TPSA) is 98.5 Å². The lowest BCUT2D eigenvalue weighted by Crippen LogP contribution is -2.33. The molecule has 2 aromatic rings. The molecule has 0 aliphatic carbocycles. The molecular weight excluding hydrogens is 364 g/mol. The normalized spacial score (nSPS) is 9.96. The van der Waals surface area contributed by atoms with Crippen molar-refractivity contribution in [1.82, 2.24) is 5.32 Å². The van der Waals surface area contributed by atoms with Crippen LogP contribution < -0.4 is 15.8 Å². The van der Waals surface area contributed by atoms with E-state index < -0.39 is 17.8 Å². The van der Waals surface area contributed by atoms with E-state index in [4.69, 9.17) is 10.5 Å². The van der Waals surface area contributed by atoms with Gasteiger partial charge in [-0.2, -0.15) is 0 Å². The third kappa shape index (κ3) is 4.93. The molecule has 118 valence electrons. The highest BCUT2D eigenvalue weighted by Gasteiger charge is 2.11. The lowest BCUT2D eigenvalue weighted by molar-refractivity contribution is -0.117. The Kier molecular flexibility index (Phi) is 5.48. The molecule has 2 rings (SSSR count). The summed E-state index contributed by atoms with van der Waals surface area (Å²) in [5, 5.41) is 2.36. The van der Waals surface area contributed by atoms with Crippen LogP contribution in [0.2, 0.25) is 0 Å². The Hall–Kier alpha value is -2.67. The fraction of sp³-hybridized carbons (Fsp3) is 0.0625. The van der Waals surface area contributed by atoms with Gasteiger partial charge in [0.1, 0.15) is 5.75 Å². The number of nitrogens with one attached hydrogen (secondary N) is 1. The summed E-state index contributed by atoms with van der Waals surface area (Å²) in [4.78, 5) is 34.5. The molecule has 0 aromatic heterocycles. The van der Waals surface area contributed by atoms with Crippen molar-refractivity contribution in [1.29, 1.82) is 0 Å². The largest absolute Gasteiger partial charge is 0.423 e. The number of benzene rings is 2. The second-order valence-corrected chi connectivity index (χ2v) is 5.49. The molecular formula is C16H13BrN2O4. The van der Waals surface area contributed by atoms with Crippen LogP contribution in [0.4, 0.5) is 0 Å². The Morgan fingerprint density at radius 1 is 1.04 bits per heavy atom. The molecule has 0 unspecified atom stereocenters. The van der Waals surface area contributed by atoms with Crippen LogP contribution in [0.5, 0.6) is 5.75 Å². The summed E-state index contributed by atoms with van der Waals surface area (Å²) < 4.78 is 6.08. The molecule has 0 atom stereocenters. The zero-order valence-electron chi connectivity index (χ0n) is 11.9. The molecule has 0 fully saturated rings. The second kappa shape index (κ2) is 7.55. The van der Waals surface area contributed by atoms with Gasteiger partial charge in [0.2, 0.25) is 5.91 Å². The fourth-order valence-corrected chi connectivity index (χ4v) is 1.99. The van der Waals surface area contributed by atoms with Crippen molar-refractivity contribution in [2.75, 3.05) is 6.54 Å². The number of halogens is 1. The van der Waals surface area contributed by atoms with E-state index in [9.17, 15) is 14.4 Å². The van der Waals surface area contributed by atoms with Gasteiger partial charge in [0.25, 0.3) is 5.91 Å². The lowest BCUT2D eigenvalue weighted by Gasteiger charge is -2.07. The van der Waals surface area contributed by atoms with Crippen LogP contribution in [0.25, 0.3) is 0 Å². The van der Waals surface area contributed by atoms with Crippen molar-refractivity contribution < 1.29 is 19.1 Å². The van der Waals surface area contributed by atoms with Crippen LogP contribution in [0, 0.1) is 0 Å². The molecule has 0 aliphatic heterocycles. The highest BCUT2D eigenvalue weighted by Crippen LogP contribution is 2.16. The highest BCUT2D eigenvalue weighted by molar-refractivity contribution is 9.10. The van der Waals surface area contributed by atoms with Gasteiger partial charge in [0.15, 0.2) is 0 Å². The van der Waals surface area contributed by atoms with Gasteiger partial charge in [0, 0.05) is 10.0 Å². The van der Waals surface area contributed by atoms with Crippen LogP contribution in [0.3, 0.4) is 0 Å². The molecule has 0 heterocycles. The monoisotopic (exact) mass is 376 g/mol. The van der Waals surface area contributed by atoms with Crippen molar-refractivity contribution in [3.05, 3.63) is 64.1 Å². The third-order valence-electron chi connectivity index (χ3n) is 2.81. The number of rotatable bonds is 5. The van der Waals surface area contributed by atoms with E-state index >= 15 is 0 Å². The summed E-state index contributed by atoms with van der Waals surface area (Å²) in [7, 11) is 0. The molecule has 6 nitrogen and oxygen atoms in total. The summed E-state index contributed by atoms with van der Waals surface area (Å²) in [6, 6.07) is 12.8. The molecule has 2 amide bonds. The molecule has 2 aromatic carbocycles. The van der Waals surface area contributed by atoms with Crippen LogP contribution in [-0.2, 0) is 4.79 Å². The summed E-state index contributed by atoms with van der Waals surface area (Å²) in [6.07, 6.45) is 0. The number of primary amides is 1. The minimum atomic E-state index is -0.642. The fourth-order valence-electron chi connectivity index (χ4n) is 1.72. The predicted molar refractivity (Wildman–Crippen MR) is 87.1 cm³/mol. The van der Waals surface area contributed by atoms with Gasteiger partial charge in [0.05, 0.1) is 12.1 Å². The van der Waals surface area contributed by atoms with Gasteiger partial charge in [-0.15, -0.1) is 0 Å². The van der Waals surface area contributed by atoms with Crippen molar-refractivity contribution in [3.8, 4) is 5.75 Å². The molecule has 0 aliphatic rings. The number of ether oxygens (including phenoxy) is 1. The SMILES string of the molecule is NC(=O)CNC(=O)c1cccc(OC(=O)c2ccc(Br)cc2)c1. The van der Waals surface area contributed by atoms with Gasteiger partial charge >= 0.3 is 5.97 Å². The number of amides is 2. The first kappa shape index (κ1) is 16.7. The van der Waals surface area contributed by atoms with Crippen LogP contribution >= 0.6 is 15.9 Å². The van der Waals surface area contributed by atoms with Gasteiger partial charge in [-0.25, -0.2) is 4.79 Å². The molecule has 23 heavy (non-hydrogen) atoms. The van der Waals surface area contributed by atoms with E-state index in [1.165, 1.54) is 12.1 Å². The maximum Gasteiger partial charge on any atom is 0.343 e. The smallest absolute Gasteiger partial charge is 0.343 e. The zero-order chi connectivity index (χ0) is 16.8. The number of carbonyl (C=O) groups is 3. The Balaban J connectivity index is 2.07. The molecule has 0 bridgehead atoms. The summed E-state index contributed by atoms with van der Waals surface area (Å²) >= 11 is 3.28. The first-order chi connectivity index (χ1) is 11.0. The maximum absolute atomic E-state index is 12.0. The minimum Gasteiger partial charge on any atom is -0.423 e. The minimum absolute atomic E-state index is 0.227. The molecule has 0 radical (unpaired) electrons. The first-order valence-corrected chi connectivity index (χ1v) is 7.39. The van der Waals surface area contributed by atoms with Crippen LogP contribution in [0.15, 0.2) is 53.0 Å². The third-order valence-corrected chi connectivity index (χ3v) is 3.34. The Morgan fingerprint density at radius 3 is 2.39 bits per heavy atom. The van der Waals surface area contributed by atoms with Crippen molar-refractivity contribution in [2.45, 2.75) is 0 Å². The second-order valence-electron chi connectivity index (χ2n) is 4.57. The van der Waals surface area contributed by atoms with E-state index in [1.807, 2.05) is 0 Å². The number of esters is 1. The maximum atomic E-state index is 12.0. The number of hydrogen-bond donors (Lipinski definition) is 2. The number of hydrogen-bond acceptors (Lipinski definition) is 4. The molecule has 0 spiro atoms. The average Bonchev–Trinajstić information content (AvgIpc) is 2.53. The van der Waals surface area contributed by atoms with E-state index in [0.29, 0.717) is 5.56 Å². The summed E-state index contributed by atoms with van der Waals surface area (Å²) in [5.74, 6) is -1.43. The number of carbonyl (C=O) groups excluding carboxylic acids is 3. The molecule has 3 N–H and O–H groups in total. The van der Waals surface area contributed by atoms with Gasteiger partial charge in [-0.1, -0.05) is 22.0 Å². The first-order valence-electron chi connectivity index (χ1n) is 6.60. The van der Waals surface area contributed by atoms with Crippen LogP contribution in [-0.4, -0.2) is 24.3 Å². The summed E-state index contributed by atoms with van der Waals surface area (Å²) in [6.45, 7) is -0.262. The Labute approximate surface area is 140 Å². The zero-order valence-corrected chi connectivity index (χ0v) is 13.5. The lowest BCUT2D eigenvalue weighted by atomic mass is 10.2. The Bertz CT molecular complexity index is 744. The van der Waals surface area contributed by atoms with Gasteiger partial charge in [-0.05, 0) is 42.5 Å².